The third-order valence-corrected chi connectivity index (χ3v) is 1.62. The summed E-state index contributed by atoms with van der Waals surface area (Å²) in [5, 5.41) is 0. The molecule has 13 heavy (non-hydrogen) atoms. The third-order valence-electron chi connectivity index (χ3n) is 1.62. The van der Waals surface area contributed by atoms with Crippen molar-refractivity contribution in [3.8, 4) is 0 Å². The molecule has 1 aromatic carbocycles. The van der Waals surface area contributed by atoms with E-state index in [1.807, 2.05) is 0 Å². The zero-order chi connectivity index (χ0) is 9.68. The summed E-state index contributed by atoms with van der Waals surface area (Å²) in [7, 11) is 1.48. The van der Waals surface area contributed by atoms with Gasteiger partial charge < -0.3 is 4.84 Å². The van der Waals surface area contributed by atoms with Crippen LogP contribution in [0.4, 0.5) is 8.78 Å². The first-order valence-electron chi connectivity index (χ1n) is 3.87. The van der Waals surface area contributed by atoms with E-state index in [4.69, 9.17) is 0 Å². The number of benzene rings is 1. The molecule has 0 fully saturated rings. The van der Waals surface area contributed by atoms with Crippen molar-refractivity contribution in [3.63, 3.8) is 0 Å². The number of hydroxylamine groups is 1. The van der Waals surface area contributed by atoms with Gasteiger partial charge in [-0.25, -0.2) is 8.78 Å². The maximum absolute atomic E-state index is 12.2. The van der Waals surface area contributed by atoms with Gasteiger partial charge in [-0.05, 0) is 11.6 Å². The van der Waals surface area contributed by atoms with E-state index in [2.05, 4.69) is 10.3 Å². The monoisotopic (exact) mass is 187 g/mol. The topological polar surface area (TPSA) is 21.3 Å². The molecule has 0 saturated carbocycles. The van der Waals surface area contributed by atoms with Crippen LogP contribution < -0.4 is 5.48 Å². The molecule has 0 aliphatic rings. The zero-order valence-electron chi connectivity index (χ0n) is 7.26. The molecule has 0 saturated heterocycles. The van der Waals surface area contributed by atoms with Crippen molar-refractivity contribution in [2.45, 2.75) is 13.0 Å². The van der Waals surface area contributed by atoms with Crippen molar-refractivity contribution < 1.29 is 13.6 Å². The second-order valence-electron chi connectivity index (χ2n) is 2.57. The van der Waals surface area contributed by atoms with Crippen LogP contribution in [0.1, 0.15) is 17.6 Å². The fourth-order valence-corrected chi connectivity index (χ4v) is 0.994. The van der Waals surface area contributed by atoms with Gasteiger partial charge in [-0.3, -0.25) is 0 Å². The predicted octanol–water partition coefficient (Wildman–Crippen LogP) is 2.28. The molecule has 4 heteroatoms. The summed E-state index contributed by atoms with van der Waals surface area (Å²) in [5.41, 5.74) is 3.40. The number of hydrogen-bond acceptors (Lipinski definition) is 2. The maximum atomic E-state index is 12.2. The molecule has 2 nitrogen and oxygen atoms in total. The second kappa shape index (κ2) is 4.89. The van der Waals surface area contributed by atoms with Crippen molar-refractivity contribution in [2.24, 2.45) is 0 Å². The van der Waals surface area contributed by atoms with Crippen LogP contribution in [0.25, 0.3) is 0 Å². The number of alkyl halides is 2. The zero-order valence-corrected chi connectivity index (χ0v) is 7.26. The highest BCUT2D eigenvalue weighted by Gasteiger charge is 2.06. The Kier molecular flexibility index (Phi) is 3.79. The van der Waals surface area contributed by atoms with Gasteiger partial charge in [0.2, 0.25) is 0 Å². The van der Waals surface area contributed by atoms with E-state index in [0.717, 1.165) is 5.56 Å². The number of nitrogens with one attached hydrogen (secondary N) is 1. The molecule has 1 aromatic rings. The van der Waals surface area contributed by atoms with Gasteiger partial charge in [0.15, 0.2) is 0 Å². The molecule has 1 rings (SSSR count). The van der Waals surface area contributed by atoms with E-state index in [0.29, 0.717) is 6.54 Å². The minimum atomic E-state index is -2.41. The van der Waals surface area contributed by atoms with Crippen LogP contribution in [0.5, 0.6) is 0 Å². The van der Waals surface area contributed by atoms with Gasteiger partial charge in [0.05, 0.1) is 7.11 Å². The van der Waals surface area contributed by atoms with Crippen LogP contribution in [0.3, 0.4) is 0 Å². The first kappa shape index (κ1) is 10.1. The molecule has 0 unspecified atom stereocenters. The summed E-state index contributed by atoms with van der Waals surface area (Å²) in [4.78, 5) is 4.61. The largest absolute Gasteiger partial charge is 0.305 e. The number of hydrogen-bond donors (Lipinski definition) is 1. The van der Waals surface area contributed by atoms with Gasteiger partial charge >= 0.3 is 0 Å². The summed E-state index contributed by atoms with van der Waals surface area (Å²) in [5.74, 6) is 0. The van der Waals surface area contributed by atoms with Crippen LogP contribution in [0, 0.1) is 0 Å². The minimum Gasteiger partial charge on any atom is -0.305 e. The van der Waals surface area contributed by atoms with Crippen LogP contribution in [0.2, 0.25) is 0 Å². The summed E-state index contributed by atoms with van der Waals surface area (Å²) < 4.78 is 24.4. The molecule has 0 aliphatic heterocycles. The molecule has 0 radical (unpaired) electrons. The minimum absolute atomic E-state index is 0.0374. The smallest absolute Gasteiger partial charge is 0.263 e. The summed E-state index contributed by atoms with van der Waals surface area (Å²) in [6.07, 6.45) is -2.41. The Morgan fingerprint density at radius 3 is 2.85 bits per heavy atom. The summed E-state index contributed by atoms with van der Waals surface area (Å²) in [6, 6.07) is 6.23. The van der Waals surface area contributed by atoms with Gasteiger partial charge in [-0.2, -0.15) is 5.48 Å². The highest BCUT2D eigenvalue weighted by molar-refractivity contribution is 5.23. The molecule has 0 aliphatic carbocycles. The Morgan fingerprint density at radius 1 is 1.46 bits per heavy atom. The van der Waals surface area contributed by atoms with Crippen molar-refractivity contribution in [3.05, 3.63) is 35.4 Å². The highest BCUT2D eigenvalue weighted by atomic mass is 19.3. The number of halogens is 2. The number of rotatable bonds is 4. The van der Waals surface area contributed by atoms with E-state index in [9.17, 15) is 8.78 Å². The average Bonchev–Trinajstić information content (AvgIpc) is 2.15. The lowest BCUT2D eigenvalue weighted by Crippen LogP contribution is -2.10. The maximum Gasteiger partial charge on any atom is 0.263 e. The van der Waals surface area contributed by atoms with Gasteiger partial charge in [-0.15, -0.1) is 0 Å². The summed E-state index contributed by atoms with van der Waals surface area (Å²) in [6.45, 7) is 0.428. The molecule has 1 N–H and O–H groups in total. The Balaban J connectivity index is 2.68. The molecule has 0 amide bonds. The first-order chi connectivity index (χ1) is 6.24. The second-order valence-corrected chi connectivity index (χ2v) is 2.57. The molecule has 0 aromatic heterocycles. The van der Waals surface area contributed by atoms with E-state index >= 15 is 0 Å². The molecule has 0 atom stereocenters. The van der Waals surface area contributed by atoms with E-state index in [1.54, 1.807) is 12.1 Å². The molecule has 0 heterocycles. The third kappa shape index (κ3) is 3.08. The highest BCUT2D eigenvalue weighted by Crippen LogP contribution is 2.19. The quantitative estimate of drug-likeness (QED) is 0.730. The molecule has 72 valence electrons. The Bertz CT molecular complexity index is 266. The van der Waals surface area contributed by atoms with Crippen molar-refractivity contribution >= 4 is 0 Å². The fraction of sp³-hybridized carbons (Fsp3) is 0.333. The Morgan fingerprint density at radius 2 is 2.23 bits per heavy atom. The lowest BCUT2D eigenvalue weighted by Gasteiger charge is -2.04. The van der Waals surface area contributed by atoms with E-state index in [1.165, 1.54) is 19.2 Å². The Labute approximate surface area is 75.5 Å². The first-order valence-corrected chi connectivity index (χ1v) is 3.87. The van der Waals surface area contributed by atoms with E-state index in [-0.39, 0.29) is 5.56 Å². The summed E-state index contributed by atoms with van der Waals surface area (Å²) >= 11 is 0. The molecule has 0 bridgehead atoms. The Hall–Kier alpha value is -1.00. The fourth-order valence-electron chi connectivity index (χ4n) is 0.994. The normalized spacial score (nSPS) is 10.8. The molecular formula is C9H11F2NO. The van der Waals surface area contributed by atoms with E-state index < -0.39 is 6.43 Å². The average molecular weight is 187 g/mol. The molecular weight excluding hydrogens is 176 g/mol. The van der Waals surface area contributed by atoms with Gasteiger partial charge in [0.25, 0.3) is 6.43 Å². The van der Waals surface area contributed by atoms with Gasteiger partial charge in [0.1, 0.15) is 0 Å². The van der Waals surface area contributed by atoms with Crippen LogP contribution in [-0.4, -0.2) is 7.11 Å². The predicted molar refractivity (Wildman–Crippen MR) is 45.2 cm³/mol. The van der Waals surface area contributed by atoms with Gasteiger partial charge in [-0.1, -0.05) is 18.2 Å². The standard InChI is InChI=1S/C9H11F2NO/c1-13-12-6-7-3-2-4-8(5-7)9(10)11/h2-5,9,12H,6H2,1H3. The van der Waals surface area contributed by atoms with Crippen molar-refractivity contribution in [1.82, 2.24) is 5.48 Å². The van der Waals surface area contributed by atoms with Crippen LogP contribution in [0.15, 0.2) is 24.3 Å². The van der Waals surface area contributed by atoms with Gasteiger partial charge in [0, 0.05) is 12.1 Å². The molecule has 0 spiro atoms. The van der Waals surface area contributed by atoms with Crippen LogP contribution >= 0.6 is 0 Å². The van der Waals surface area contributed by atoms with Crippen LogP contribution in [-0.2, 0) is 11.4 Å². The lowest BCUT2D eigenvalue weighted by molar-refractivity contribution is 0.0865. The van der Waals surface area contributed by atoms with Crippen molar-refractivity contribution in [1.29, 1.82) is 0 Å². The SMILES string of the molecule is CONCc1cccc(C(F)F)c1. The lowest BCUT2D eigenvalue weighted by atomic mass is 10.1. The van der Waals surface area contributed by atoms with Crippen molar-refractivity contribution in [2.75, 3.05) is 7.11 Å².